The SMILES string of the molecule is CCO[Si](CC[P@@]1(=O)Oc2ccccc2-c2ccccc21)(OCC)OCC. The molecule has 1 aliphatic rings. The van der Waals surface area contributed by atoms with Crippen molar-refractivity contribution in [2.75, 3.05) is 26.0 Å². The highest BCUT2D eigenvalue weighted by molar-refractivity contribution is 7.67. The van der Waals surface area contributed by atoms with Crippen LogP contribution in [0, 0.1) is 0 Å². The third-order valence-electron chi connectivity index (χ3n) is 4.50. The smallest absolute Gasteiger partial charge is 0.439 e. The molecule has 27 heavy (non-hydrogen) atoms. The highest BCUT2D eigenvalue weighted by Gasteiger charge is 2.45. The molecule has 0 aliphatic carbocycles. The van der Waals surface area contributed by atoms with E-state index in [0.29, 0.717) is 37.8 Å². The van der Waals surface area contributed by atoms with Crippen molar-refractivity contribution in [1.29, 1.82) is 0 Å². The molecule has 146 valence electrons. The van der Waals surface area contributed by atoms with Crippen LogP contribution in [0.15, 0.2) is 48.5 Å². The summed E-state index contributed by atoms with van der Waals surface area (Å²) in [5, 5.41) is 0.760. The van der Waals surface area contributed by atoms with Crippen LogP contribution in [0.5, 0.6) is 5.75 Å². The largest absolute Gasteiger partial charge is 0.501 e. The lowest BCUT2D eigenvalue weighted by Gasteiger charge is -2.32. The van der Waals surface area contributed by atoms with Gasteiger partial charge in [0.15, 0.2) is 0 Å². The molecule has 3 rings (SSSR count). The number of rotatable bonds is 9. The van der Waals surface area contributed by atoms with Gasteiger partial charge in [0.25, 0.3) is 7.37 Å². The van der Waals surface area contributed by atoms with Gasteiger partial charge in [-0.2, -0.15) is 0 Å². The summed E-state index contributed by atoms with van der Waals surface area (Å²) in [6.45, 7) is 7.25. The van der Waals surface area contributed by atoms with E-state index in [-0.39, 0.29) is 0 Å². The van der Waals surface area contributed by atoms with E-state index in [4.69, 9.17) is 17.8 Å². The van der Waals surface area contributed by atoms with Crippen molar-refractivity contribution in [2.45, 2.75) is 26.8 Å². The lowest BCUT2D eigenvalue weighted by molar-refractivity contribution is 0.0726. The minimum Gasteiger partial charge on any atom is -0.439 e. The molecule has 0 saturated heterocycles. The summed E-state index contributed by atoms with van der Waals surface area (Å²) in [6.07, 6.45) is 0.324. The number of hydrogen-bond acceptors (Lipinski definition) is 5. The summed E-state index contributed by atoms with van der Waals surface area (Å²) in [5.74, 6) is 0.663. The Morgan fingerprint density at radius 2 is 1.41 bits per heavy atom. The van der Waals surface area contributed by atoms with E-state index in [0.717, 1.165) is 16.4 Å². The standard InChI is InChI=1S/C20H27O5PSi/c1-4-22-27(23-5-2,24-6-3)16-15-26(21)20-14-10-8-12-18(20)17-11-7-9-13-19(17)25-26/h7-14H,4-6,15-16H2,1-3H3/t26-/m1/s1. The van der Waals surface area contributed by atoms with Gasteiger partial charge in [-0.05, 0) is 38.5 Å². The summed E-state index contributed by atoms with van der Waals surface area (Å²) in [7, 11) is -6.00. The first-order chi connectivity index (χ1) is 13.1. The molecule has 0 radical (unpaired) electrons. The first-order valence-electron chi connectivity index (χ1n) is 9.47. The van der Waals surface area contributed by atoms with Gasteiger partial charge in [0.2, 0.25) is 0 Å². The Morgan fingerprint density at radius 1 is 0.852 bits per heavy atom. The molecule has 0 fully saturated rings. The molecule has 1 aliphatic heterocycles. The number of para-hydroxylation sites is 1. The zero-order valence-electron chi connectivity index (χ0n) is 16.1. The first kappa shape index (κ1) is 20.3. The van der Waals surface area contributed by atoms with Gasteiger partial charge in [0, 0.05) is 37.6 Å². The van der Waals surface area contributed by atoms with Crippen LogP contribution in [-0.2, 0) is 17.8 Å². The number of hydrogen-bond donors (Lipinski definition) is 0. The molecule has 1 atom stereocenters. The fraction of sp³-hybridized carbons (Fsp3) is 0.400. The quantitative estimate of drug-likeness (QED) is 0.446. The summed E-state index contributed by atoms with van der Waals surface area (Å²) in [5.41, 5.74) is 1.95. The highest BCUT2D eigenvalue weighted by atomic mass is 31.2. The van der Waals surface area contributed by atoms with Gasteiger partial charge in [-0.3, -0.25) is 4.57 Å². The van der Waals surface area contributed by atoms with E-state index in [1.807, 2.05) is 69.3 Å². The van der Waals surface area contributed by atoms with Crippen molar-refractivity contribution in [2.24, 2.45) is 0 Å². The molecule has 0 amide bonds. The molecule has 2 aromatic carbocycles. The first-order valence-corrected chi connectivity index (χ1v) is 13.2. The van der Waals surface area contributed by atoms with Gasteiger partial charge in [0.05, 0.1) is 5.30 Å². The van der Waals surface area contributed by atoms with E-state index in [1.54, 1.807) is 0 Å². The van der Waals surface area contributed by atoms with Gasteiger partial charge in [-0.25, -0.2) is 0 Å². The Morgan fingerprint density at radius 3 is 2.04 bits per heavy atom. The summed E-state index contributed by atoms with van der Waals surface area (Å²) in [6, 6.07) is 16.0. The predicted octanol–water partition coefficient (Wildman–Crippen LogP) is 4.70. The third kappa shape index (κ3) is 4.20. The van der Waals surface area contributed by atoms with Crippen molar-refractivity contribution in [3.63, 3.8) is 0 Å². The van der Waals surface area contributed by atoms with Crippen LogP contribution in [-0.4, -0.2) is 34.8 Å². The second kappa shape index (κ2) is 8.72. The maximum Gasteiger partial charge on any atom is 0.501 e. The Kier molecular flexibility index (Phi) is 6.55. The Labute approximate surface area is 162 Å². The van der Waals surface area contributed by atoms with Gasteiger partial charge >= 0.3 is 8.80 Å². The highest BCUT2D eigenvalue weighted by Crippen LogP contribution is 2.55. The molecular weight excluding hydrogens is 379 g/mol. The second-order valence-electron chi connectivity index (χ2n) is 6.23. The van der Waals surface area contributed by atoms with E-state index in [9.17, 15) is 4.57 Å². The van der Waals surface area contributed by atoms with Crippen LogP contribution in [0.3, 0.4) is 0 Å². The Bertz CT molecular complexity index is 809. The van der Waals surface area contributed by atoms with E-state index >= 15 is 0 Å². The van der Waals surface area contributed by atoms with Crippen molar-refractivity contribution < 1.29 is 22.4 Å². The van der Waals surface area contributed by atoms with Crippen molar-refractivity contribution in [3.05, 3.63) is 48.5 Å². The summed E-state index contributed by atoms with van der Waals surface area (Å²) >= 11 is 0. The molecule has 0 aromatic heterocycles. The molecule has 2 aromatic rings. The van der Waals surface area contributed by atoms with Crippen LogP contribution in [0.1, 0.15) is 20.8 Å². The fourth-order valence-corrected chi connectivity index (χ4v) is 9.48. The minimum atomic E-state index is -3.11. The lowest BCUT2D eigenvalue weighted by Crippen LogP contribution is -2.47. The van der Waals surface area contributed by atoms with Gasteiger partial charge in [0.1, 0.15) is 5.75 Å². The van der Waals surface area contributed by atoms with Crippen LogP contribution in [0.25, 0.3) is 11.1 Å². The van der Waals surface area contributed by atoms with E-state index < -0.39 is 16.2 Å². The molecule has 1 heterocycles. The van der Waals surface area contributed by atoms with Gasteiger partial charge in [-0.15, -0.1) is 0 Å². The monoisotopic (exact) mass is 406 g/mol. The maximum atomic E-state index is 13.9. The molecule has 0 spiro atoms. The van der Waals surface area contributed by atoms with Crippen molar-refractivity contribution >= 4 is 21.5 Å². The average molecular weight is 406 g/mol. The third-order valence-corrected chi connectivity index (χ3v) is 10.4. The summed E-state index contributed by atoms with van der Waals surface area (Å²) in [4.78, 5) is 0. The molecule has 0 bridgehead atoms. The topological polar surface area (TPSA) is 54.0 Å². The molecule has 0 saturated carbocycles. The normalized spacial score (nSPS) is 18.5. The molecule has 5 nitrogen and oxygen atoms in total. The predicted molar refractivity (Wildman–Crippen MR) is 110 cm³/mol. The molecular formula is C20H27O5PSi. The molecule has 0 unspecified atom stereocenters. The fourth-order valence-electron chi connectivity index (χ4n) is 3.43. The van der Waals surface area contributed by atoms with E-state index in [2.05, 4.69) is 0 Å². The Balaban J connectivity index is 1.93. The maximum absolute atomic E-state index is 13.9. The minimum absolute atomic E-state index is 0.324. The van der Waals surface area contributed by atoms with Gasteiger partial charge < -0.3 is 17.8 Å². The van der Waals surface area contributed by atoms with Crippen molar-refractivity contribution in [1.82, 2.24) is 0 Å². The van der Waals surface area contributed by atoms with Crippen LogP contribution in [0.4, 0.5) is 0 Å². The molecule has 0 N–H and O–H groups in total. The Hall–Kier alpha value is -1.43. The van der Waals surface area contributed by atoms with E-state index in [1.165, 1.54) is 0 Å². The number of fused-ring (bicyclic) bond motifs is 3. The summed E-state index contributed by atoms with van der Waals surface area (Å²) < 4.78 is 37.8. The second-order valence-corrected chi connectivity index (χ2v) is 11.4. The van der Waals surface area contributed by atoms with Crippen LogP contribution in [0.2, 0.25) is 6.04 Å². The van der Waals surface area contributed by atoms with Crippen LogP contribution < -0.4 is 9.83 Å². The average Bonchev–Trinajstić information content (AvgIpc) is 2.68. The zero-order valence-corrected chi connectivity index (χ0v) is 18.0. The zero-order chi connectivity index (χ0) is 19.3. The van der Waals surface area contributed by atoms with Crippen LogP contribution >= 0.6 is 7.37 Å². The van der Waals surface area contributed by atoms with Crippen molar-refractivity contribution in [3.8, 4) is 16.9 Å². The lowest BCUT2D eigenvalue weighted by atomic mass is 10.0. The van der Waals surface area contributed by atoms with Gasteiger partial charge in [-0.1, -0.05) is 36.4 Å². The molecule has 7 heteroatoms. The number of benzene rings is 2.